The van der Waals surface area contributed by atoms with Crippen LogP contribution in [0.1, 0.15) is 18.1 Å². The zero-order valence-electron chi connectivity index (χ0n) is 12.3. The van der Waals surface area contributed by atoms with E-state index in [-0.39, 0.29) is 6.07 Å². The van der Waals surface area contributed by atoms with Crippen molar-refractivity contribution in [1.29, 1.82) is 0 Å². The number of carbonyl (C=O) groups is 1. The van der Waals surface area contributed by atoms with Crippen molar-refractivity contribution in [2.24, 2.45) is 0 Å². The largest absolute Gasteiger partial charge is 0.416 e. The van der Waals surface area contributed by atoms with Crippen LogP contribution in [0.4, 0.5) is 32.0 Å². The van der Waals surface area contributed by atoms with E-state index in [4.69, 9.17) is 0 Å². The minimum atomic E-state index is -4.98. The molecule has 136 valence electrons. The van der Waals surface area contributed by atoms with Crippen LogP contribution >= 0.6 is 23.1 Å². The molecule has 0 spiro atoms. The van der Waals surface area contributed by atoms with Crippen LogP contribution in [0, 0.1) is 0 Å². The number of benzene rings is 1. The number of rotatable bonds is 4. The Morgan fingerprint density at radius 3 is 2.12 bits per heavy atom. The summed E-state index contributed by atoms with van der Waals surface area (Å²) >= 11 is 2.14. The second-order valence-electron chi connectivity index (χ2n) is 4.75. The first-order valence-corrected chi connectivity index (χ1v) is 8.26. The van der Waals surface area contributed by atoms with Gasteiger partial charge in [0.2, 0.25) is 5.91 Å². The maximum Gasteiger partial charge on any atom is 0.416 e. The number of nitrogens with zero attached hydrogens (tertiary/aromatic N) is 2. The van der Waals surface area contributed by atoms with Crippen molar-refractivity contribution in [1.82, 2.24) is 10.2 Å². The predicted molar refractivity (Wildman–Crippen MR) is 80.3 cm³/mol. The molecule has 0 bridgehead atoms. The molecule has 1 heterocycles. The molecule has 1 amide bonds. The Hall–Kier alpha value is -1.82. The molecule has 2 rings (SSSR count). The Kier molecular flexibility index (Phi) is 5.62. The Labute approximate surface area is 145 Å². The van der Waals surface area contributed by atoms with E-state index in [9.17, 15) is 31.1 Å². The molecule has 0 saturated carbocycles. The zero-order valence-corrected chi connectivity index (χ0v) is 13.9. The van der Waals surface area contributed by atoms with Crippen molar-refractivity contribution in [3.63, 3.8) is 0 Å². The lowest BCUT2D eigenvalue weighted by Gasteiger charge is -2.16. The second kappa shape index (κ2) is 7.20. The van der Waals surface area contributed by atoms with Gasteiger partial charge in [0.1, 0.15) is 5.51 Å². The predicted octanol–water partition coefficient (Wildman–Crippen LogP) is 4.70. The Morgan fingerprint density at radius 1 is 1.12 bits per heavy atom. The number of carbonyl (C=O) groups excluding carboxylic acids is 1. The van der Waals surface area contributed by atoms with E-state index in [0.29, 0.717) is 16.5 Å². The summed E-state index contributed by atoms with van der Waals surface area (Å²) in [5.41, 5.74) is -2.16. The van der Waals surface area contributed by atoms with Gasteiger partial charge < -0.3 is 5.32 Å². The number of alkyl halides is 6. The molecule has 0 aliphatic carbocycles. The lowest BCUT2D eigenvalue weighted by molar-refractivity contribution is -0.143. The molecule has 1 aromatic heterocycles. The monoisotopic (exact) mass is 401 g/mol. The molecular weight excluding hydrogens is 392 g/mol. The maximum absolute atomic E-state index is 12.8. The molecule has 1 unspecified atom stereocenters. The van der Waals surface area contributed by atoms with Crippen LogP contribution in [0.5, 0.6) is 0 Å². The molecule has 0 radical (unpaired) electrons. The fourth-order valence-electron chi connectivity index (χ4n) is 1.69. The second-order valence-corrected chi connectivity index (χ2v) is 7.17. The lowest BCUT2D eigenvalue weighted by Crippen LogP contribution is -2.23. The average molecular weight is 401 g/mol. The molecule has 1 atom stereocenters. The maximum atomic E-state index is 12.8. The molecule has 0 aliphatic rings. The van der Waals surface area contributed by atoms with Gasteiger partial charge in [0.05, 0.1) is 16.4 Å². The Bertz CT molecular complexity index is 713. The molecule has 1 aromatic carbocycles. The summed E-state index contributed by atoms with van der Waals surface area (Å²) in [6.45, 7) is 1.44. The summed E-state index contributed by atoms with van der Waals surface area (Å²) in [6.07, 6.45) is -9.96. The van der Waals surface area contributed by atoms with Gasteiger partial charge in [0.25, 0.3) is 0 Å². The third-order valence-electron chi connectivity index (χ3n) is 2.84. The summed E-state index contributed by atoms with van der Waals surface area (Å²) in [6, 6.07) is 0.903. The fourth-order valence-corrected chi connectivity index (χ4v) is 3.32. The van der Waals surface area contributed by atoms with Gasteiger partial charge in [0, 0.05) is 5.69 Å². The summed E-state index contributed by atoms with van der Waals surface area (Å²) in [5, 5.41) is 8.54. The zero-order chi connectivity index (χ0) is 18.8. The summed E-state index contributed by atoms with van der Waals surface area (Å²) in [7, 11) is 0. The first kappa shape index (κ1) is 19.5. The smallest absolute Gasteiger partial charge is 0.325 e. The number of halogens is 6. The third kappa shape index (κ3) is 5.33. The standard InChI is InChI=1S/C13H9F6N3OS2/c1-6(25-11-22-20-5-24-11)10(23)21-9-3-7(12(14,15)16)2-8(4-9)13(17,18)19/h2-6H,1H3,(H,21,23). The molecule has 0 saturated heterocycles. The number of hydrogen-bond donors (Lipinski definition) is 1. The molecule has 0 aliphatic heterocycles. The Morgan fingerprint density at radius 2 is 1.68 bits per heavy atom. The quantitative estimate of drug-likeness (QED) is 0.596. The minimum Gasteiger partial charge on any atom is -0.325 e. The van der Waals surface area contributed by atoms with Crippen LogP contribution in [0.3, 0.4) is 0 Å². The minimum absolute atomic E-state index is 0.00489. The van der Waals surface area contributed by atoms with Crippen molar-refractivity contribution in [3.8, 4) is 0 Å². The SMILES string of the molecule is CC(Sc1nncs1)C(=O)Nc1cc(C(F)(F)F)cc(C(F)(F)F)c1. The number of thioether (sulfide) groups is 1. The molecule has 1 N–H and O–H groups in total. The van der Waals surface area contributed by atoms with Crippen LogP contribution in [0.25, 0.3) is 0 Å². The van der Waals surface area contributed by atoms with Gasteiger partial charge in [-0.05, 0) is 25.1 Å². The number of amides is 1. The molecule has 0 fully saturated rings. The molecular formula is C13H9F6N3OS2. The van der Waals surface area contributed by atoms with Crippen molar-refractivity contribution < 1.29 is 31.1 Å². The van der Waals surface area contributed by atoms with Crippen molar-refractivity contribution >= 4 is 34.7 Å². The fraction of sp³-hybridized carbons (Fsp3) is 0.308. The third-order valence-corrected chi connectivity index (χ3v) is 4.75. The summed E-state index contributed by atoms with van der Waals surface area (Å²) in [4.78, 5) is 12.0. The van der Waals surface area contributed by atoms with Gasteiger partial charge in [-0.2, -0.15) is 26.3 Å². The van der Waals surface area contributed by atoms with Crippen LogP contribution in [-0.4, -0.2) is 21.4 Å². The first-order chi connectivity index (χ1) is 11.5. The number of anilines is 1. The molecule has 25 heavy (non-hydrogen) atoms. The summed E-state index contributed by atoms with van der Waals surface area (Å²) in [5.74, 6) is -0.757. The molecule has 2 aromatic rings. The van der Waals surface area contributed by atoms with Crippen LogP contribution in [0.15, 0.2) is 28.0 Å². The highest BCUT2D eigenvalue weighted by Crippen LogP contribution is 2.37. The van der Waals surface area contributed by atoms with E-state index in [1.165, 1.54) is 12.4 Å². The van der Waals surface area contributed by atoms with Crippen LogP contribution in [0.2, 0.25) is 0 Å². The van der Waals surface area contributed by atoms with Gasteiger partial charge in [-0.1, -0.05) is 23.1 Å². The van der Waals surface area contributed by atoms with Gasteiger partial charge in [-0.3, -0.25) is 4.79 Å². The Balaban J connectivity index is 2.24. The van der Waals surface area contributed by atoms with Crippen molar-refractivity contribution in [2.45, 2.75) is 28.9 Å². The highest BCUT2D eigenvalue weighted by atomic mass is 32.2. The molecule has 12 heteroatoms. The normalized spacial score (nSPS) is 13.6. The highest BCUT2D eigenvalue weighted by Gasteiger charge is 2.37. The molecule has 4 nitrogen and oxygen atoms in total. The van der Waals surface area contributed by atoms with Crippen LogP contribution < -0.4 is 5.32 Å². The van der Waals surface area contributed by atoms with E-state index >= 15 is 0 Å². The highest BCUT2D eigenvalue weighted by molar-refractivity contribution is 8.02. The van der Waals surface area contributed by atoms with E-state index in [1.54, 1.807) is 0 Å². The first-order valence-electron chi connectivity index (χ1n) is 6.50. The van der Waals surface area contributed by atoms with Crippen molar-refractivity contribution in [3.05, 3.63) is 34.8 Å². The average Bonchev–Trinajstić information content (AvgIpc) is 2.98. The van der Waals surface area contributed by atoms with E-state index in [1.807, 2.05) is 0 Å². The van der Waals surface area contributed by atoms with E-state index < -0.39 is 40.3 Å². The summed E-state index contributed by atoms with van der Waals surface area (Å²) < 4.78 is 77.2. The number of aromatic nitrogens is 2. The van der Waals surface area contributed by atoms with Gasteiger partial charge in [-0.15, -0.1) is 10.2 Å². The van der Waals surface area contributed by atoms with Crippen LogP contribution in [-0.2, 0) is 17.1 Å². The number of nitrogens with one attached hydrogen (secondary N) is 1. The van der Waals surface area contributed by atoms with Crippen molar-refractivity contribution in [2.75, 3.05) is 5.32 Å². The van der Waals surface area contributed by atoms with Gasteiger partial charge in [0.15, 0.2) is 4.34 Å². The topological polar surface area (TPSA) is 54.9 Å². The lowest BCUT2D eigenvalue weighted by atomic mass is 10.1. The van der Waals surface area contributed by atoms with Gasteiger partial charge in [-0.25, -0.2) is 0 Å². The van der Waals surface area contributed by atoms with E-state index in [0.717, 1.165) is 23.1 Å². The number of hydrogen-bond acceptors (Lipinski definition) is 5. The van der Waals surface area contributed by atoms with E-state index in [2.05, 4.69) is 15.5 Å². The van der Waals surface area contributed by atoms with Gasteiger partial charge >= 0.3 is 12.4 Å².